The SMILES string of the molecule is [C-]#[N+]c1cc(-c2ccc(C)c(O)c2)c2ccoc2c1. The minimum absolute atomic E-state index is 0.252. The smallest absolute Gasteiger partial charge is 0.191 e. The van der Waals surface area contributed by atoms with E-state index < -0.39 is 0 Å². The Bertz CT molecular complexity index is 809. The number of phenolic OH excluding ortho intramolecular Hbond substituents is 1. The zero-order chi connectivity index (χ0) is 13.4. The molecule has 0 spiro atoms. The molecular weight excluding hydrogens is 238 g/mol. The van der Waals surface area contributed by atoms with Crippen molar-refractivity contribution in [1.82, 2.24) is 0 Å². The monoisotopic (exact) mass is 249 g/mol. The fourth-order valence-corrected chi connectivity index (χ4v) is 2.14. The summed E-state index contributed by atoms with van der Waals surface area (Å²) in [7, 11) is 0. The zero-order valence-corrected chi connectivity index (χ0v) is 10.3. The summed E-state index contributed by atoms with van der Waals surface area (Å²) in [6.45, 7) is 8.99. The summed E-state index contributed by atoms with van der Waals surface area (Å²) in [5.74, 6) is 0.252. The molecule has 0 radical (unpaired) electrons. The molecule has 0 aliphatic heterocycles. The summed E-state index contributed by atoms with van der Waals surface area (Å²) in [6.07, 6.45) is 1.61. The number of benzene rings is 2. The topological polar surface area (TPSA) is 37.7 Å². The lowest BCUT2D eigenvalue weighted by molar-refractivity contribution is 0.471. The predicted octanol–water partition coefficient (Wildman–Crippen LogP) is 4.66. The number of rotatable bonds is 1. The van der Waals surface area contributed by atoms with Crippen LogP contribution in [0.4, 0.5) is 5.69 Å². The molecule has 92 valence electrons. The zero-order valence-electron chi connectivity index (χ0n) is 10.3. The van der Waals surface area contributed by atoms with Crippen LogP contribution in [0.2, 0.25) is 0 Å². The van der Waals surface area contributed by atoms with Gasteiger partial charge in [-0.2, -0.15) is 0 Å². The van der Waals surface area contributed by atoms with Crippen molar-refractivity contribution < 1.29 is 9.52 Å². The van der Waals surface area contributed by atoms with Gasteiger partial charge in [-0.1, -0.05) is 12.1 Å². The van der Waals surface area contributed by atoms with Crippen molar-refractivity contribution in [3.8, 4) is 16.9 Å². The van der Waals surface area contributed by atoms with E-state index in [9.17, 15) is 5.11 Å². The van der Waals surface area contributed by atoms with Gasteiger partial charge in [-0.05, 0) is 47.9 Å². The lowest BCUT2D eigenvalue weighted by Crippen LogP contribution is -1.81. The number of hydrogen-bond donors (Lipinski definition) is 1. The lowest BCUT2D eigenvalue weighted by Gasteiger charge is -2.06. The molecule has 0 aliphatic rings. The maximum absolute atomic E-state index is 9.83. The van der Waals surface area contributed by atoms with Crippen LogP contribution in [-0.4, -0.2) is 5.11 Å². The Morgan fingerprint density at radius 2 is 2.00 bits per heavy atom. The van der Waals surface area contributed by atoms with Gasteiger partial charge < -0.3 is 9.52 Å². The highest BCUT2D eigenvalue weighted by Gasteiger charge is 2.10. The maximum Gasteiger partial charge on any atom is 0.191 e. The molecule has 2 aromatic carbocycles. The normalized spacial score (nSPS) is 10.5. The Kier molecular flexibility index (Phi) is 2.50. The molecule has 3 aromatic rings. The van der Waals surface area contributed by atoms with Gasteiger partial charge in [-0.3, -0.25) is 0 Å². The highest BCUT2D eigenvalue weighted by atomic mass is 16.3. The molecule has 3 heteroatoms. The highest BCUT2D eigenvalue weighted by molar-refractivity contribution is 5.97. The summed E-state index contributed by atoms with van der Waals surface area (Å²) < 4.78 is 5.37. The summed E-state index contributed by atoms with van der Waals surface area (Å²) in [6, 6.07) is 10.9. The third-order valence-electron chi connectivity index (χ3n) is 3.21. The van der Waals surface area contributed by atoms with E-state index in [-0.39, 0.29) is 5.75 Å². The average Bonchev–Trinajstić information content (AvgIpc) is 2.89. The fraction of sp³-hybridized carbons (Fsp3) is 0.0625. The van der Waals surface area contributed by atoms with Gasteiger partial charge in [0.25, 0.3) is 0 Å². The number of nitrogens with zero attached hydrogens (tertiary/aromatic N) is 1. The van der Waals surface area contributed by atoms with Crippen LogP contribution < -0.4 is 0 Å². The number of aromatic hydroxyl groups is 1. The van der Waals surface area contributed by atoms with Gasteiger partial charge in [-0.15, -0.1) is 0 Å². The first-order valence-electron chi connectivity index (χ1n) is 5.88. The van der Waals surface area contributed by atoms with Gasteiger partial charge in [0.2, 0.25) is 0 Å². The fourth-order valence-electron chi connectivity index (χ4n) is 2.14. The molecule has 0 saturated heterocycles. The summed E-state index contributed by atoms with van der Waals surface area (Å²) in [4.78, 5) is 3.45. The van der Waals surface area contributed by atoms with Crippen molar-refractivity contribution in [2.45, 2.75) is 6.92 Å². The van der Waals surface area contributed by atoms with Crippen LogP contribution in [0.25, 0.3) is 26.9 Å². The van der Waals surface area contributed by atoms with Crippen LogP contribution in [-0.2, 0) is 0 Å². The first kappa shape index (κ1) is 11.4. The molecule has 0 fully saturated rings. The number of aryl methyl sites for hydroxylation is 1. The Hall–Kier alpha value is -2.73. The molecule has 0 saturated carbocycles. The summed E-state index contributed by atoms with van der Waals surface area (Å²) in [5.41, 5.74) is 3.81. The number of furan rings is 1. The lowest BCUT2D eigenvalue weighted by atomic mass is 9.99. The molecule has 0 unspecified atom stereocenters. The van der Waals surface area contributed by atoms with Gasteiger partial charge >= 0.3 is 0 Å². The second-order valence-corrected chi connectivity index (χ2v) is 4.44. The highest BCUT2D eigenvalue weighted by Crippen LogP contribution is 2.35. The largest absolute Gasteiger partial charge is 0.508 e. The van der Waals surface area contributed by atoms with Crippen LogP contribution in [0.1, 0.15) is 5.56 Å². The Balaban J connectivity index is 2.31. The van der Waals surface area contributed by atoms with E-state index in [4.69, 9.17) is 11.0 Å². The minimum atomic E-state index is 0.252. The molecule has 0 aliphatic carbocycles. The molecule has 3 rings (SSSR count). The third-order valence-corrected chi connectivity index (χ3v) is 3.21. The first-order chi connectivity index (χ1) is 9.19. The predicted molar refractivity (Wildman–Crippen MR) is 74.3 cm³/mol. The molecular formula is C16H11NO2. The van der Waals surface area contributed by atoms with Crippen LogP contribution >= 0.6 is 0 Å². The Labute approximate surface area is 110 Å². The number of fused-ring (bicyclic) bond motifs is 1. The molecule has 1 N–H and O–H groups in total. The molecule has 19 heavy (non-hydrogen) atoms. The van der Waals surface area contributed by atoms with Crippen molar-refractivity contribution in [2.75, 3.05) is 0 Å². The van der Waals surface area contributed by atoms with Gasteiger partial charge in [0.15, 0.2) is 5.69 Å². The van der Waals surface area contributed by atoms with Crippen molar-refractivity contribution in [1.29, 1.82) is 0 Å². The van der Waals surface area contributed by atoms with Crippen molar-refractivity contribution >= 4 is 16.7 Å². The summed E-state index contributed by atoms with van der Waals surface area (Å²) in [5, 5.41) is 10.8. The number of hydrogen-bond acceptors (Lipinski definition) is 2. The van der Waals surface area contributed by atoms with Crippen LogP contribution in [0.15, 0.2) is 47.1 Å². The van der Waals surface area contributed by atoms with Crippen LogP contribution in [0, 0.1) is 13.5 Å². The second kappa shape index (κ2) is 4.18. The first-order valence-corrected chi connectivity index (χ1v) is 5.88. The molecule has 1 heterocycles. The van der Waals surface area contributed by atoms with E-state index in [2.05, 4.69) is 4.85 Å². The quantitative estimate of drug-likeness (QED) is 0.636. The van der Waals surface area contributed by atoms with E-state index in [1.54, 1.807) is 18.4 Å². The van der Waals surface area contributed by atoms with Crippen molar-refractivity contribution in [3.63, 3.8) is 0 Å². The maximum atomic E-state index is 9.83. The minimum Gasteiger partial charge on any atom is -0.508 e. The van der Waals surface area contributed by atoms with Crippen molar-refractivity contribution in [2.24, 2.45) is 0 Å². The van der Waals surface area contributed by atoms with Gasteiger partial charge in [-0.25, -0.2) is 4.85 Å². The van der Waals surface area contributed by atoms with E-state index >= 15 is 0 Å². The van der Waals surface area contributed by atoms with Crippen LogP contribution in [0.5, 0.6) is 5.75 Å². The standard InChI is InChI=1S/C16H11NO2/c1-10-3-4-11(7-15(10)18)14-8-12(17-2)9-16-13(14)5-6-19-16/h3-9,18H,1H3. The van der Waals surface area contributed by atoms with E-state index in [0.717, 1.165) is 22.1 Å². The van der Waals surface area contributed by atoms with Gasteiger partial charge in [0.05, 0.1) is 12.8 Å². The van der Waals surface area contributed by atoms with E-state index in [1.165, 1.54) is 0 Å². The van der Waals surface area contributed by atoms with E-state index in [0.29, 0.717) is 11.3 Å². The summed E-state index contributed by atoms with van der Waals surface area (Å²) >= 11 is 0. The van der Waals surface area contributed by atoms with Crippen LogP contribution in [0.3, 0.4) is 0 Å². The molecule has 0 bridgehead atoms. The van der Waals surface area contributed by atoms with Gasteiger partial charge in [0, 0.05) is 5.39 Å². The molecule has 0 atom stereocenters. The van der Waals surface area contributed by atoms with Gasteiger partial charge in [0.1, 0.15) is 11.3 Å². The number of phenols is 1. The Morgan fingerprint density at radius 3 is 2.74 bits per heavy atom. The van der Waals surface area contributed by atoms with Crippen molar-refractivity contribution in [3.05, 3.63) is 59.6 Å². The second-order valence-electron chi connectivity index (χ2n) is 4.44. The molecule has 1 aromatic heterocycles. The Morgan fingerprint density at radius 1 is 1.16 bits per heavy atom. The third kappa shape index (κ3) is 1.84. The molecule has 3 nitrogen and oxygen atoms in total. The average molecular weight is 249 g/mol. The molecule has 0 amide bonds. The van der Waals surface area contributed by atoms with E-state index in [1.807, 2.05) is 31.2 Å².